The topological polar surface area (TPSA) is 195 Å². The van der Waals surface area contributed by atoms with Crippen molar-refractivity contribution in [2.45, 2.75) is 12.3 Å². The Kier molecular flexibility index (Phi) is 16.9. The smallest absolute Gasteiger partial charge is 0.807 e. The Morgan fingerprint density at radius 2 is 1.29 bits per heavy atom. The van der Waals surface area contributed by atoms with E-state index in [0.29, 0.717) is 0 Å². The molecule has 2 atom stereocenters. The molecule has 2 aromatic carbocycles. The van der Waals surface area contributed by atoms with E-state index in [1.54, 1.807) is 0 Å². The fourth-order valence-electron chi connectivity index (χ4n) is 2.97. The van der Waals surface area contributed by atoms with E-state index >= 15 is 0 Å². The van der Waals surface area contributed by atoms with E-state index in [1.807, 2.05) is 0 Å². The van der Waals surface area contributed by atoms with Gasteiger partial charge in [-0.2, -0.15) is 10.2 Å². The first-order valence-electron chi connectivity index (χ1n) is 8.30. The summed E-state index contributed by atoms with van der Waals surface area (Å²) in [6.07, 6.45) is -1.66. The predicted octanol–water partition coefficient (Wildman–Crippen LogP) is -14.7. The van der Waals surface area contributed by atoms with Crippen LogP contribution in [0.2, 0.25) is 0 Å². The Hall–Kier alpha value is 1.57. The SMILES string of the molecule is CN=NC1C(=O)N(c2cccc(P(=O)([O-])[O-])c2)N(c2cccc(P(=O)([O-])[O-])c2)C1O.[Na+].[Na+].[Na+].[Na+]. The molecule has 0 aliphatic carbocycles. The molecule has 2 aromatic rings. The molecular weight excluding hydrogens is 530 g/mol. The van der Waals surface area contributed by atoms with Crippen LogP contribution in [-0.4, -0.2) is 30.3 Å². The van der Waals surface area contributed by atoms with E-state index in [2.05, 4.69) is 10.2 Å². The van der Waals surface area contributed by atoms with Crippen LogP contribution in [0.15, 0.2) is 58.8 Å². The van der Waals surface area contributed by atoms with Gasteiger partial charge in [-0.1, -0.05) is 24.3 Å². The molecule has 34 heavy (non-hydrogen) atoms. The van der Waals surface area contributed by atoms with Gasteiger partial charge in [-0.3, -0.25) is 4.79 Å². The Bertz CT molecular complexity index is 1120. The molecule has 18 heteroatoms. The summed E-state index contributed by atoms with van der Waals surface area (Å²) in [5, 5.41) is 18.4. The zero-order valence-corrected chi connectivity index (χ0v) is 29.1. The number of nitrogens with zero attached hydrogens (tertiary/aromatic N) is 4. The Morgan fingerprint density at radius 3 is 1.74 bits per heavy atom. The molecule has 1 aliphatic rings. The Morgan fingerprint density at radius 1 is 0.853 bits per heavy atom. The minimum absolute atomic E-state index is 0. The molecule has 1 amide bonds. The van der Waals surface area contributed by atoms with Gasteiger partial charge in [-0.05, 0) is 50.1 Å². The number of aliphatic hydroxyl groups excluding tert-OH is 1. The molecule has 0 spiro atoms. The molecule has 1 N–H and O–H groups in total. The number of carbonyl (C=O) groups is 1. The van der Waals surface area contributed by atoms with Gasteiger partial charge in [0.15, 0.2) is 12.3 Å². The number of azo groups is 1. The third-order valence-corrected chi connectivity index (χ3v) is 6.07. The van der Waals surface area contributed by atoms with Gasteiger partial charge in [0.25, 0.3) is 5.91 Å². The number of carbonyl (C=O) groups excluding carboxylic acids is 1. The van der Waals surface area contributed by atoms with Crippen LogP contribution in [0.5, 0.6) is 0 Å². The number of aliphatic hydroxyl groups is 1. The molecule has 12 nitrogen and oxygen atoms in total. The van der Waals surface area contributed by atoms with Gasteiger partial charge in [0.1, 0.15) is 0 Å². The summed E-state index contributed by atoms with van der Waals surface area (Å²) in [4.78, 5) is 58.5. The van der Waals surface area contributed by atoms with Crippen molar-refractivity contribution in [3.63, 3.8) is 0 Å². The van der Waals surface area contributed by atoms with Crippen molar-refractivity contribution in [1.29, 1.82) is 0 Å². The normalized spacial score (nSPS) is 18.0. The second-order valence-corrected chi connectivity index (χ2v) is 9.23. The van der Waals surface area contributed by atoms with Crippen molar-refractivity contribution in [3.8, 4) is 0 Å². The number of amides is 1. The molecule has 1 fully saturated rings. The summed E-state index contributed by atoms with van der Waals surface area (Å²) in [5.74, 6) is -0.824. The molecule has 0 bridgehead atoms. The first kappa shape index (κ1) is 37.7. The second-order valence-electron chi connectivity index (χ2n) is 6.20. The fourth-order valence-corrected chi connectivity index (χ4v) is 4.08. The van der Waals surface area contributed by atoms with Crippen LogP contribution in [0, 0.1) is 0 Å². The molecule has 0 aromatic heterocycles. The van der Waals surface area contributed by atoms with Gasteiger partial charge in [-0.25, -0.2) is 10.0 Å². The molecule has 0 radical (unpaired) electrons. The van der Waals surface area contributed by atoms with Crippen molar-refractivity contribution in [2.75, 3.05) is 17.1 Å². The molecule has 1 aliphatic heterocycles. The quantitative estimate of drug-likeness (QED) is 0.216. The van der Waals surface area contributed by atoms with Crippen molar-refractivity contribution < 1.29 is 157 Å². The van der Waals surface area contributed by atoms with E-state index in [4.69, 9.17) is 0 Å². The van der Waals surface area contributed by atoms with E-state index in [-0.39, 0.29) is 130 Å². The number of anilines is 2. The van der Waals surface area contributed by atoms with Crippen LogP contribution in [0.3, 0.4) is 0 Å². The number of hydrogen-bond acceptors (Lipinski definition) is 11. The van der Waals surface area contributed by atoms with Gasteiger partial charge in [0.05, 0.1) is 11.4 Å². The maximum Gasteiger partial charge on any atom is 1.00 e. The molecule has 1 saturated heterocycles. The molecule has 0 saturated carbocycles. The summed E-state index contributed by atoms with van der Waals surface area (Å²) >= 11 is 0. The Balaban J connectivity index is 0. The van der Waals surface area contributed by atoms with Crippen LogP contribution < -0.4 is 158 Å². The first-order chi connectivity index (χ1) is 13.9. The third kappa shape index (κ3) is 8.54. The van der Waals surface area contributed by atoms with Crippen LogP contribution in [0.4, 0.5) is 11.4 Å². The van der Waals surface area contributed by atoms with Crippen molar-refractivity contribution in [1.82, 2.24) is 0 Å². The number of hydrogen-bond donors (Lipinski definition) is 1. The largest absolute Gasteiger partial charge is 1.00 e. The molecule has 160 valence electrons. The number of hydrazine groups is 1. The van der Waals surface area contributed by atoms with Crippen LogP contribution in [0.25, 0.3) is 0 Å². The average Bonchev–Trinajstić information content (AvgIpc) is 2.92. The zero-order valence-electron chi connectivity index (χ0n) is 19.3. The van der Waals surface area contributed by atoms with Crippen LogP contribution in [0.1, 0.15) is 0 Å². The van der Waals surface area contributed by atoms with E-state index < -0.39 is 44.0 Å². The minimum atomic E-state index is -5.15. The molecule has 1 heterocycles. The van der Waals surface area contributed by atoms with E-state index in [1.165, 1.54) is 31.3 Å². The standard InChI is InChI=1S/C16H18N4O8P2.4Na/c1-17-18-14-15(21)19(10-4-2-6-12(8-10)29(23,24)25)20(16(14)22)11-5-3-7-13(9-11)30(26,27)28;;;;/h2-9,14-15,21H,1H3,(H2,23,24,25)(H2,26,27,28);;;;/q;4*+1/p-4. The predicted molar refractivity (Wildman–Crippen MR) is 97.9 cm³/mol. The van der Waals surface area contributed by atoms with Gasteiger partial charge < -0.3 is 33.8 Å². The fraction of sp³-hybridized carbons (Fsp3) is 0.188. The second kappa shape index (κ2) is 15.2. The molecule has 3 rings (SSSR count). The maximum atomic E-state index is 12.9. The summed E-state index contributed by atoms with van der Waals surface area (Å²) in [5.41, 5.74) is -0.165. The molecule has 2 unspecified atom stereocenters. The molecular formula is C16H14N4Na4O8P2. The van der Waals surface area contributed by atoms with Crippen molar-refractivity contribution >= 4 is 43.1 Å². The Labute approximate surface area is 284 Å². The maximum absolute atomic E-state index is 12.9. The van der Waals surface area contributed by atoms with Crippen molar-refractivity contribution in [2.24, 2.45) is 10.2 Å². The monoisotopic (exact) mass is 544 g/mol. The summed E-state index contributed by atoms with van der Waals surface area (Å²) in [6, 6.07) is 7.62. The number of benzene rings is 2. The van der Waals surface area contributed by atoms with Gasteiger partial charge >= 0.3 is 118 Å². The minimum Gasteiger partial charge on any atom is -0.807 e. The van der Waals surface area contributed by atoms with Gasteiger partial charge in [0.2, 0.25) is 0 Å². The van der Waals surface area contributed by atoms with E-state index in [9.17, 15) is 38.6 Å². The van der Waals surface area contributed by atoms with Gasteiger partial charge in [0, 0.05) is 7.05 Å². The van der Waals surface area contributed by atoms with Crippen molar-refractivity contribution in [3.05, 3.63) is 48.5 Å². The third-order valence-electron chi connectivity index (χ3n) is 4.25. The number of rotatable bonds is 5. The summed E-state index contributed by atoms with van der Waals surface area (Å²) < 4.78 is 22.8. The van der Waals surface area contributed by atoms with E-state index in [0.717, 1.165) is 34.3 Å². The summed E-state index contributed by atoms with van der Waals surface area (Å²) in [6.45, 7) is 0. The van der Waals surface area contributed by atoms with Crippen LogP contribution >= 0.6 is 15.2 Å². The zero-order chi connectivity index (χ0) is 22.3. The first-order valence-corrected chi connectivity index (χ1v) is 11.4. The summed E-state index contributed by atoms with van der Waals surface area (Å²) in [7, 11) is -9.03. The average molecular weight is 544 g/mol. The van der Waals surface area contributed by atoms with Gasteiger partial charge in [-0.15, -0.1) is 0 Å². The van der Waals surface area contributed by atoms with Crippen LogP contribution in [-0.2, 0) is 13.9 Å².